The molecule has 0 aliphatic carbocycles. The van der Waals surface area contributed by atoms with E-state index in [-0.39, 0.29) is 12.6 Å². The van der Waals surface area contributed by atoms with Crippen LogP contribution in [0.5, 0.6) is 0 Å². The van der Waals surface area contributed by atoms with Crippen LogP contribution in [-0.2, 0) is 0 Å². The van der Waals surface area contributed by atoms with Gasteiger partial charge in [0.25, 0.3) is 0 Å². The van der Waals surface area contributed by atoms with Gasteiger partial charge < -0.3 is 15.3 Å². The lowest BCUT2D eigenvalue weighted by molar-refractivity contribution is 0.201. The lowest BCUT2D eigenvalue weighted by atomic mass is 10.0. The van der Waals surface area contributed by atoms with E-state index in [1.54, 1.807) is 4.90 Å². The number of carbonyl (C=O) groups is 1. The minimum Gasteiger partial charge on any atom is -0.396 e. The van der Waals surface area contributed by atoms with Crippen LogP contribution in [0.25, 0.3) is 0 Å². The molecule has 0 radical (unpaired) electrons. The molecule has 4 nitrogen and oxygen atoms in total. The van der Waals surface area contributed by atoms with Crippen molar-refractivity contribution in [2.45, 2.75) is 46.0 Å². The van der Waals surface area contributed by atoms with Gasteiger partial charge in [-0.1, -0.05) is 45.4 Å². The summed E-state index contributed by atoms with van der Waals surface area (Å²) < 4.78 is 0. The summed E-state index contributed by atoms with van der Waals surface area (Å²) in [5.41, 5.74) is 2.02. The number of rotatable bonds is 8. The van der Waals surface area contributed by atoms with E-state index in [4.69, 9.17) is 5.11 Å². The normalized spacial score (nSPS) is 10.7. The fourth-order valence-corrected chi connectivity index (χ4v) is 2.23. The van der Waals surface area contributed by atoms with Crippen molar-refractivity contribution in [3.05, 3.63) is 29.8 Å². The Morgan fingerprint density at radius 3 is 2.52 bits per heavy atom. The first-order valence-electron chi connectivity index (χ1n) is 7.85. The highest BCUT2D eigenvalue weighted by Gasteiger charge is 2.15. The third-order valence-electron chi connectivity index (χ3n) is 3.48. The van der Waals surface area contributed by atoms with E-state index in [2.05, 4.69) is 26.1 Å². The summed E-state index contributed by atoms with van der Waals surface area (Å²) >= 11 is 0. The Morgan fingerprint density at radius 2 is 1.90 bits per heavy atom. The highest BCUT2D eigenvalue weighted by molar-refractivity contribution is 5.90. The van der Waals surface area contributed by atoms with E-state index in [1.165, 1.54) is 0 Å². The molecular formula is C17H28N2O2. The van der Waals surface area contributed by atoms with E-state index in [0.717, 1.165) is 30.6 Å². The number of benzene rings is 1. The second-order valence-corrected chi connectivity index (χ2v) is 5.59. The molecule has 4 heteroatoms. The van der Waals surface area contributed by atoms with Crippen molar-refractivity contribution < 1.29 is 9.90 Å². The van der Waals surface area contributed by atoms with Crippen LogP contribution in [0, 0.1) is 0 Å². The molecule has 0 aliphatic heterocycles. The number of nitrogens with zero attached hydrogens (tertiary/aromatic N) is 1. The Balaban J connectivity index is 2.75. The van der Waals surface area contributed by atoms with E-state index >= 15 is 0 Å². The first-order valence-corrected chi connectivity index (χ1v) is 7.85. The van der Waals surface area contributed by atoms with Crippen molar-refractivity contribution in [3.8, 4) is 0 Å². The molecule has 2 N–H and O–H groups in total. The van der Waals surface area contributed by atoms with Crippen molar-refractivity contribution in [2.75, 3.05) is 25.0 Å². The molecule has 2 amide bonds. The van der Waals surface area contributed by atoms with Crippen molar-refractivity contribution in [1.82, 2.24) is 4.90 Å². The average Bonchev–Trinajstić information content (AvgIpc) is 2.47. The van der Waals surface area contributed by atoms with Crippen LogP contribution in [0.15, 0.2) is 24.3 Å². The van der Waals surface area contributed by atoms with Crippen LogP contribution < -0.4 is 5.32 Å². The van der Waals surface area contributed by atoms with Crippen LogP contribution >= 0.6 is 0 Å². The smallest absolute Gasteiger partial charge is 0.321 e. The first-order chi connectivity index (χ1) is 10.1. The lowest BCUT2D eigenvalue weighted by Crippen LogP contribution is -2.37. The maximum absolute atomic E-state index is 12.4. The van der Waals surface area contributed by atoms with Gasteiger partial charge in [0.2, 0.25) is 0 Å². The van der Waals surface area contributed by atoms with E-state index < -0.39 is 0 Å². The topological polar surface area (TPSA) is 52.6 Å². The van der Waals surface area contributed by atoms with E-state index in [1.807, 2.05) is 24.3 Å². The summed E-state index contributed by atoms with van der Waals surface area (Å²) in [6.45, 7) is 7.77. The molecule has 118 valence electrons. The number of unbranched alkanes of at least 4 members (excludes halogenated alkanes) is 1. The molecule has 0 aromatic heterocycles. The summed E-state index contributed by atoms with van der Waals surface area (Å²) in [6.07, 6.45) is 2.64. The minimum absolute atomic E-state index is 0.0787. The van der Waals surface area contributed by atoms with Gasteiger partial charge in [0.15, 0.2) is 0 Å². The lowest BCUT2D eigenvalue weighted by Gasteiger charge is -2.24. The molecular weight excluding hydrogens is 264 g/mol. The predicted molar refractivity (Wildman–Crippen MR) is 87.7 cm³/mol. The summed E-state index contributed by atoms with van der Waals surface area (Å²) in [6, 6.07) is 7.84. The number of urea groups is 1. The molecule has 0 unspecified atom stereocenters. The zero-order chi connectivity index (χ0) is 15.7. The molecule has 1 aromatic carbocycles. The second-order valence-electron chi connectivity index (χ2n) is 5.59. The highest BCUT2D eigenvalue weighted by atomic mass is 16.3. The summed E-state index contributed by atoms with van der Waals surface area (Å²) in [5, 5.41) is 12.0. The number of aliphatic hydroxyl groups excluding tert-OH is 1. The van der Waals surface area contributed by atoms with Crippen LogP contribution in [0.3, 0.4) is 0 Å². The van der Waals surface area contributed by atoms with Gasteiger partial charge in [0, 0.05) is 25.4 Å². The van der Waals surface area contributed by atoms with Crippen LogP contribution in [0.2, 0.25) is 0 Å². The van der Waals surface area contributed by atoms with Crippen LogP contribution in [0.4, 0.5) is 10.5 Å². The Kier molecular flexibility index (Phi) is 7.83. The minimum atomic E-state index is -0.0787. The summed E-state index contributed by atoms with van der Waals surface area (Å²) in [5.74, 6) is 0.364. The van der Waals surface area contributed by atoms with Gasteiger partial charge in [-0.05, 0) is 30.4 Å². The number of nitrogens with one attached hydrogen (secondary N) is 1. The molecule has 21 heavy (non-hydrogen) atoms. The van der Waals surface area contributed by atoms with Gasteiger partial charge >= 0.3 is 6.03 Å². The maximum atomic E-state index is 12.4. The van der Waals surface area contributed by atoms with Crippen molar-refractivity contribution in [2.24, 2.45) is 0 Å². The Labute approximate surface area is 128 Å². The van der Waals surface area contributed by atoms with E-state index in [0.29, 0.717) is 18.9 Å². The molecule has 0 saturated carbocycles. The molecule has 0 atom stereocenters. The molecule has 0 saturated heterocycles. The zero-order valence-corrected chi connectivity index (χ0v) is 13.4. The number of carbonyl (C=O) groups excluding carboxylic acids is 1. The third kappa shape index (κ3) is 5.76. The molecule has 0 bridgehead atoms. The van der Waals surface area contributed by atoms with Crippen molar-refractivity contribution in [1.29, 1.82) is 0 Å². The zero-order valence-electron chi connectivity index (χ0n) is 13.4. The number of anilines is 1. The van der Waals surface area contributed by atoms with Crippen LogP contribution in [-0.4, -0.2) is 35.7 Å². The summed E-state index contributed by atoms with van der Waals surface area (Å²) in [4.78, 5) is 14.2. The first kappa shape index (κ1) is 17.5. The van der Waals surface area contributed by atoms with E-state index in [9.17, 15) is 4.79 Å². The fourth-order valence-electron chi connectivity index (χ4n) is 2.23. The largest absolute Gasteiger partial charge is 0.396 e. The number of hydrogen-bond donors (Lipinski definition) is 2. The maximum Gasteiger partial charge on any atom is 0.321 e. The number of hydrogen-bond acceptors (Lipinski definition) is 2. The van der Waals surface area contributed by atoms with Crippen molar-refractivity contribution >= 4 is 11.7 Å². The third-order valence-corrected chi connectivity index (χ3v) is 3.48. The average molecular weight is 292 g/mol. The molecule has 0 aliphatic rings. The van der Waals surface area contributed by atoms with Gasteiger partial charge in [-0.15, -0.1) is 0 Å². The van der Waals surface area contributed by atoms with Gasteiger partial charge in [-0.3, -0.25) is 0 Å². The predicted octanol–water partition coefficient (Wildman–Crippen LogP) is 3.83. The Bertz CT molecular complexity index is 425. The SMILES string of the molecule is CCCCN(CCCO)C(=O)Nc1ccccc1C(C)C. The van der Waals surface area contributed by atoms with Gasteiger partial charge in [-0.25, -0.2) is 4.79 Å². The Morgan fingerprint density at radius 1 is 1.24 bits per heavy atom. The quantitative estimate of drug-likeness (QED) is 0.765. The number of amides is 2. The molecule has 1 rings (SSSR count). The Hall–Kier alpha value is -1.55. The number of aliphatic hydroxyl groups is 1. The standard InChI is InChI=1S/C17H28N2O2/c1-4-5-11-19(12-8-13-20)17(21)18-16-10-7-6-9-15(16)14(2)3/h6-7,9-10,14,20H,4-5,8,11-13H2,1-3H3,(H,18,21). The molecule has 0 heterocycles. The molecule has 0 fully saturated rings. The highest BCUT2D eigenvalue weighted by Crippen LogP contribution is 2.24. The fraction of sp³-hybridized carbons (Fsp3) is 0.588. The van der Waals surface area contributed by atoms with Gasteiger partial charge in [-0.2, -0.15) is 0 Å². The molecule has 0 spiro atoms. The summed E-state index contributed by atoms with van der Waals surface area (Å²) in [7, 11) is 0. The van der Waals surface area contributed by atoms with Crippen molar-refractivity contribution in [3.63, 3.8) is 0 Å². The van der Waals surface area contributed by atoms with Gasteiger partial charge in [0.1, 0.15) is 0 Å². The second kappa shape index (κ2) is 9.40. The van der Waals surface area contributed by atoms with Crippen LogP contribution in [0.1, 0.15) is 51.5 Å². The van der Waals surface area contributed by atoms with Gasteiger partial charge in [0.05, 0.1) is 0 Å². The number of para-hydroxylation sites is 1. The monoisotopic (exact) mass is 292 g/mol. The molecule has 1 aromatic rings.